The molecular formula is C9H10N2O4S. The maximum atomic E-state index is 10.9. The van der Waals surface area contributed by atoms with E-state index in [9.17, 15) is 14.9 Å². The van der Waals surface area contributed by atoms with Gasteiger partial charge < -0.3 is 10.8 Å². The number of carbonyl (C=O) groups excluding carboxylic acids is 1. The van der Waals surface area contributed by atoms with Crippen LogP contribution in [0, 0.1) is 10.1 Å². The van der Waals surface area contributed by atoms with E-state index in [1.54, 1.807) is 0 Å². The number of nitrogens with two attached hydrogens (primary N) is 1. The second-order valence-corrected chi connectivity index (χ2v) is 4.01. The summed E-state index contributed by atoms with van der Waals surface area (Å²) < 4.78 is 0. The summed E-state index contributed by atoms with van der Waals surface area (Å²) >= 11 is 1.11. The molecule has 16 heavy (non-hydrogen) atoms. The second kappa shape index (κ2) is 5.47. The summed E-state index contributed by atoms with van der Waals surface area (Å²) in [5.74, 6) is -0.316. The van der Waals surface area contributed by atoms with Crippen molar-refractivity contribution >= 4 is 23.4 Å². The quantitative estimate of drug-likeness (QED) is 0.450. The van der Waals surface area contributed by atoms with Crippen LogP contribution in [-0.4, -0.2) is 28.3 Å². The molecular weight excluding hydrogens is 232 g/mol. The molecule has 0 aliphatic carbocycles. The Hall–Kier alpha value is -1.60. The lowest BCUT2D eigenvalue weighted by Crippen LogP contribution is -2.11. The van der Waals surface area contributed by atoms with E-state index in [1.807, 2.05) is 0 Å². The van der Waals surface area contributed by atoms with Crippen molar-refractivity contribution in [3.63, 3.8) is 0 Å². The van der Waals surface area contributed by atoms with E-state index < -0.39 is 10.8 Å². The van der Waals surface area contributed by atoms with Crippen LogP contribution in [-0.2, 0) is 0 Å². The summed E-state index contributed by atoms with van der Waals surface area (Å²) in [6, 6.07) is 3.91. The minimum Gasteiger partial charge on any atom is -0.396 e. The van der Waals surface area contributed by atoms with Crippen LogP contribution in [0.4, 0.5) is 5.69 Å². The molecule has 0 aliphatic rings. The number of hydrogen-bond acceptors (Lipinski definition) is 5. The molecule has 3 N–H and O–H groups in total. The van der Waals surface area contributed by atoms with E-state index in [0.29, 0.717) is 10.6 Å². The first-order chi connectivity index (χ1) is 7.56. The average Bonchev–Trinajstić information content (AvgIpc) is 2.25. The molecule has 0 bridgehead atoms. The molecule has 1 amide bonds. The summed E-state index contributed by atoms with van der Waals surface area (Å²) in [4.78, 5) is 21.4. The SMILES string of the molecule is NC(=O)c1ccc([N+](=O)[O-])c(SCCO)c1. The summed E-state index contributed by atoms with van der Waals surface area (Å²) in [7, 11) is 0. The van der Waals surface area contributed by atoms with Gasteiger partial charge in [-0.05, 0) is 12.1 Å². The van der Waals surface area contributed by atoms with Gasteiger partial charge in [-0.2, -0.15) is 0 Å². The third kappa shape index (κ3) is 2.94. The first-order valence-corrected chi connectivity index (χ1v) is 5.36. The molecule has 0 saturated carbocycles. The Morgan fingerprint density at radius 2 is 2.25 bits per heavy atom. The number of hydrogen-bond donors (Lipinski definition) is 2. The van der Waals surface area contributed by atoms with Crippen molar-refractivity contribution in [3.8, 4) is 0 Å². The molecule has 86 valence electrons. The fourth-order valence-electron chi connectivity index (χ4n) is 1.09. The summed E-state index contributed by atoms with van der Waals surface area (Å²) in [6.45, 7) is -0.0946. The van der Waals surface area contributed by atoms with Crippen LogP contribution in [0.25, 0.3) is 0 Å². The molecule has 0 heterocycles. The molecule has 1 rings (SSSR count). The van der Waals surface area contributed by atoms with E-state index in [0.717, 1.165) is 11.8 Å². The Morgan fingerprint density at radius 3 is 2.75 bits per heavy atom. The molecule has 0 radical (unpaired) electrons. The molecule has 0 saturated heterocycles. The first-order valence-electron chi connectivity index (χ1n) is 4.38. The molecule has 0 fully saturated rings. The van der Waals surface area contributed by atoms with Crippen LogP contribution in [0.15, 0.2) is 23.1 Å². The normalized spacial score (nSPS) is 10.1. The van der Waals surface area contributed by atoms with Gasteiger partial charge in [-0.25, -0.2) is 0 Å². The lowest BCUT2D eigenvalue weighted by Gasteiger charge is -2.03. The van der Waals surface area contributed by atoms with Gasteiger partial charge in [0.1, 0.15) is 0 Å². The van der Waals surface area contributed by atoms with Gasteiger partial charge in [-0.3, -0.25) is 14.9 Å². The fraction of sp³-hybridized carbons (Fsp3) is 0.222. The smallest absolute Gasteiger partial charge is 0.282 e. The number of amides is 1. The highest BCUT2D eigenvalue weighted by molar-refractivity contribution is 7.99. The van der Waals surface area contributed by atoms with Crippen LogP contribution in [0.1, 0.15) is 10.4 Å². The molecule has 7 heteroatoms. The number of thioether (sulfide) groups is 1. The standard InChI is InChI=1S/C9H10N2O4S/c10-9(13)6-1-2-7(11(14)15)8(5-6)16-4-3-12/h1-2,5,12H,3-4H2,(H2,10,13). The van der Waals surface area contributed by atoms with Crippen LogP contribution >= 0.6 is 11.8 Å². The van der Waals surface area contributed by atoms with Gasteiger partial charge in [0.15, 0.2) is 0 Å². The Bertz CT molecular complexity index is 422. The Morgan fingerprint density at radius 1 is 1.56 bits per heavy atom. The van der Waals surface area contributed by atoms with E-state index in [2.05, 4.69) is 0 Å². The molecule has 1 aromatic rings. The van der Waals surface area contributed by atoms with E-state index in [4.69, 9.17) is 10.8 Å². The molecule has 0 aliphatic heterocycles. The number of nitrogens with zero attached hydrogens (tertiary/aromatic N) is 1. The van der Waals surface area contributed by atoms with Gasteiger partial charge in [0, 0.05) is 17.4 Å². The highest BCUT2D eigenvalue weighted by Gasteiger charge is 2.15. The Balaban J connectivity index is 3.10. The predicted octanol–water partition coefficient (Wildman–Crippen LogP) is 0.778. The van der Waals surface area contributed by atoms with Crippen molar-refractivity contribution in [2.24, 2.45) is 5.73 Å². The van der Waals surface area contributed by atoms with E-state index in [-0.39, 0.29) is 17.9 Å². The zero-order valence-electron chi connectivity index (χ0n) is 8.25. The topological polar surface area (TPSA) is 106 Å². The van der Waals surface area contributed by atoms with Gasteiger partial charge in [0.2, 0.25) is 5.91 Å². The maximum Gasteiger partial charge on any atom is 0.282 e. The molecule has 1 aromatic carbocycles. The van der Waals surface area contributed by atoms with Crippen molar-refractivity contribution in [2.75, 3.05) is 12.4 Å². The third-order valence-corrected chi connectivity index (χ3v) is 2.81. The minimum atomic E-state index is -0.638. The van der Waals surface area contributed by atoms with Gasteiger partial charge in [-0.15, -0.1) is 11.8 Å². The molecule has 0 atom stereocenters. The summed E-state index contributed by atoms with van der Waals surface area (Å²) in [5.41, 5.74) is 5.19. The largest absolute Gasteiger partial charge is 0.396 e. The van der Waals surface area contributed by atoms with Crippen molar-refractivity contribution in [1.29, 1.82) is 0 Å². The van der Waals surface area contributed by atoms with Gasteiger partial charge in [0.25, 0.3) is 5.69 Å². The number of primary amides is 1. The number of benzene rings is 1. The lowest BCUT2D eigenvalue weighted by atomic mass is 10.2. The molecule has 0 spiro atoms. The van der Waals surface area contributed by atoms with Gasteiger partial charge in [-0.1, -0.05) is 0 Å². The zero-order valence-corrected chi connectivity index (χ0v) is 9.07. The Kier molecular flexibility index (Phi) is 4.27. The number of nitro groups is 1. The van der Waals surface area contributed by atoms with Crippen molar-refractivity contribution in [3.05, 3.63) is 33.9 Å². The number of rotatable bonds is 5. The minimum absolute atomic E-state index is 0.0940. The fourth-order valence-corrected chi connectivity index (χ4v) is 1.90. The predicted molar refractivity (Wildman–Crippen MR) is 59.4 cm³/mol. The van der Waals surface area contributed by atoms with Crippen LogP contribution < -0.4 is 5.73 Å². The maximum absolute atomic E-state index is 10.9. The number of carbonyl (C=O) groups is 1. The van der Waals surface area contributed by atoms with Crippen LogP contribution in [0.5, 0.6) is 0 Å². The van der Waals surface area contributed by atoms with Crippen molar-refractivity contribution < 1.29 is 14.8 Å². The van der Waals surface area contributed by atoms with Gasteiger partial charge in [0.05, 0.1) is 16.4 Å². The highest BCUT2D eigenvalue weighted by atomic mass is 32.2. The number of aliphatic hydroxyl groups is 1. The third-order valence-electron chi connectivity index (χ3n) is 1.79. The second-order valence-electron chi connectivity index (χ2n) is 2.88. The zero-order chi connectivity index (χ0) is 12.1. The lowest BCUT2D eigenvalue weighted by molar-refractivity contribution is -0.387. The average molecular weight is 242 g/mol. The van der Waals surface area contributed by atoms with Crippen LogP contribution in [0.2, 0.25) is 0 Å². The highest BCUT2D eigenvalue weighted by Crippen LogP contribution is 2.29. The molecule has 0 aromatic heterocycles. The first kappa shape index (κ1) is 12.5. The monoisotopic (exact) mass is 242 g/mol. The Labute approximate surface area is 95.6 Å². The number of aliphatic hydroxyl groups excluding tert-OH is 1. The summed E-state index contributed by atoms with van der Waals surface area (Å²) in [5, 5.41) is 19.3. The van der Waals surface area contributed by atoms with Gasteiger partial charge >= 0.3 is 0 Å². The molecule has 0 unspecified atom stereocenters. The van der Waals surface area contributed by atoms with Crippen molar-refractivity contribution in [2.45, 2.75) is 4.90 Å². The van der Waals surface area contributed by atoms with Crippen molar-refractivity contribution in [1.82, 2.24) is 0 Å². The number of nitro benzene ring substituents is 1. The van der Waals surface area contributed by atoms with E-state index >= 15 is 0 Å². The molecule has 6 nitrogen and oxygen atoms in total. The van der Waals surface area contributed by atoms with Crippen LogP contribution in [0.3, 0.4) is 0 Å². The van der Waals surface area contributed by atoms with E-state index in [1.165, 1.54) is 18.2 Å². The summed E-state index contributed by atoms with van der Waals surface area (Å²) in [6.07, 6.45) is 0.